The highest BCUT2D eigenvalue weighted by Crippen LogP contribution is 2.38. The van der Waals surface area contributed by atoms with Crippen LogP contribution >= 0.6 is 23.7 Å². The zero-order valence-corrected chi connectivity index (χ0v) is 17.0. The van der Waals surface area contributed by atoms with Crippen LogP contribution < -0.4 is 15.4 Å². The molecule has 2 atom stereocenters. The number of benzene rings is 1. The molecule has 1 fully saturated rings. The van der Waals surface area contributed by atoms with Gasteiger partial charge in [-0.15, -0.1) is 23.7 Å². The molecule has 2 aliphatic rings. The summed E-state index contributed by atoms with van der Waals surface area (Å²) in [4.78, 5) is 18.2. The molecule has 0 spiro atoms. The normalized spacial score (nSPS) is 22.8. The maximum atomic E-state index is 13.4. The van der Waals surface area contributed by atoms with E-state index in [1.54, 1.807) is 18.4 Å². The van der Waals surface area contributed by atoms with Crippen molar-refractivity contribution in [2.75, 3.05) is 13.7 Å². The quantitative estimate of drug-likeness (QED) is 0.777. The lowest BCUT2D eigenvalue weighted by Gasteiger charge is -2.24. The third-order valence-electron chi connectivity index (χ3n) is 5.03. The van der Waals surface area contributed by atoms with Crippen LogP contribution in [0.5, 0.6) is 5.75 Å². The Morgan fingerprint density at radius 1 is 1.36 bits per heavy atom. The lowest BCUT2D eigenvalue weighted by Crippen LogP contribution is -2.42. The van der Waals surface area contributed by atoms with Crippen molar-refractivity contribution in [2.45, 2.75) is 43.7 Å². The number of halogens is 3. The van der Waals surface area contributed by atoms with Crippen molar-refractivity contribution < 1.29 is 18.3 Å². The summed E-state index contributed by atoms with van der Waals surface area (Å²) in [5.41, 5.74) is 1.99. The molecular formula is C19H22ClF2N3O2S. The second kappa shape index (κ2) is 8.31. The number of aromatic nitrogens is 1. The van der Waals surface area contributed by atoms with Crippen molar-refractivity contribution in [3.8, 4) is 16.3 Å². The van der Waals surface area contributed by atoms with Gasteiger partial charge in [-0.05, 0) is 43.5 Å². The van der Waals surface area contributed by atoms with Gasteiger partial charge in [-0.1, -0.05) is 0 Å². The van der Waals surface area contributed by atoms with Crippen molar-refractivity contribution in [2.24, 2.45) is 0 Å². The smallest absolute Gasteiger partial charge is 0.262 e. The van der Waals surface area contributed by atoms with Crippen LogP contribution in [0.4, 0.5) is 8.78 Å². The number of amides is 1. The highest BCUT2D eigenvalue weighted by molar-refractivity contribution is 7.15. The lowest BCUT2D eigenvalue weighted by atomic mass is 9.97. The van der Waals surface area contributed by atoms with Crippen LogP contribution in [0.3, 0.4) is 0 Å². The number of fused-ring (bicyclic) bond motifs is 1. The Bertz CT molecular complexity index is 844. The van der Waals surface area contributed by atoms with Crippen molar-refractivity contribution in [1.82, 2.24) is 15.6 Å². The fraction of sp³-hybridized carbons (Fsp3) is 0.474. The van der Waals surface area contributed by atoms with E-state index >= 15 is 0 Å². The van der Waals surface area contributed by atoms with Gasteiger partial charge in [0.25, 0.3) is 5.92 Å². The van der Waals surface area contributed by atoms with Gasteiger partial charge in [0.1, 0.15) is 10.8 Å². The van der Waals surface area contributed by atoms with E-state index in [1.165, 1.54) is 0 Å². The first kappa shape index (κ1) is 21.0. The molecule has 1 aliphatic carbocycles. The van der Waals surface area contributed by atoms with Gasteiger partial charge in [-0.2, -0.15) is 0 Å². The number of hydrogen-bond donors (Lipinski definition) is 2. The molecule has 0 bridgehead atoms. The first-order chi connectivity index (χ1) is 12.9. The molecule has 1 amide bonds. The Kier molecular flexibility index (Phi) is 6.21. The van der Waals surface area contributed by atoms with E-state index in [9.17, 15) is 13.6 Å². The predicted molar refractivity (Wildman–Crippen MR) is 107 cm³/mol. The second-order valence-corrected chi connectivity index (χ2v) is 8.04. The summed E-state index contributed by atoms with van der Waals surface area (Å²) in [7, 11) is 1.62. The van der Waals surface area contributed by atoms with E-state index in [-0.39, 0.29) is 24.4 Å². The number of thiazole rings is 1. The molecule has 28 heavy (non-hydrogen) atoms. The SMILES string of the molecule is COc1ccc(-c2nc3c(s2)C(NC(=O)C2CC(F)(F)CN2)CCC3)cc1.Cl. The third kappa shape index (κ3) is 4.29. The minimum absolute atomic E-state index is 0. The molecule has 0 saturated carbocycles. The van der Waals surface area contributed by atoms with E-state index in [4.69, 9.17) is 9.72 Å². The van der Waals surface area contributed by atoms with Crippen LogP contribution in [0.2, 0.25) is 0 Å². The first-order valence-electron chi connectivity index (χ1n) is 9.01. The molecule has 9 heteroatoms. The number of carbonyl (C=O) groups is 1. The number of hydrogen-bond acceptors (Lipinski definition) is 5. The van der Waals surface area contributed by atoms with Crippen LogP contribution in [0.15, 0.2) is 24.3 Å². The Labute approximate surface area is 172 Å². The van der Waals surface area contributed by atoms with Crippen molar-refractivity contribution in [3.05, 3.63) is 34.8 Å². The Balaban J connectivity index is 0.00000225. The summed E-state index contributed by atoms with van der Waals surface area (Å²) in [6.45, 7) is -0.441. The van der Waals surface area contributed by atoms with Crippen molar-refractivity contribution in [3.63, 3.8) is 0 Å². The largest absolute Gasteiger partial charge is 0.497 e. The van der Waals surface area contributed by atoms with Gasteiger partial charge in [-0.3, -0.25) is 10.1 Å². The molecule has 1 aliphatic heterocycles. The Morgan fingerprint density at radius 2 is 2.11 bits per heavy atom. The number of rotatable bonds is 4. The van der Waals surface area contributed by atoms with Crippen molar-refractivity contribution >= 4 is 29.7 Å². The van der Waals surface area contributed by atoms with Gasteiger partial charge in [0, 0.05) is 12.0 Å². The van der Waals surface area contributed by atoms with Crippen LogP contribution in [0.1, 0.15) is 35.9 Å². The number of nitrogens with zero attached hydrogens (tertiary/aromatic N) is 1. The second-order valence-electron chi connectivity index (χ2n) is 7.01. The molecule has 2 heterocycles. The van der Waals surface area contributed by atoms with E-state index in [1.807, 2.05) is 24.3 Å². The zero-order valence-electron chi connectivity index (χ0n) is 15.3. The van der Waals surface area contributed by atoms with Gasteiger partial charge < -0.3 is 10.1 Å². The summed E-state index contributed by atoms with van der Waals surface area (Å²) >= 11 is 1.56. The standard InChI is InChI=1S/C19H21F2N3O2S.ClH/c1-26-12-7-5-11(6-8-12)18-24-14-4-2-3-13(16(14)27-18)23-17(25)15-9-19(20,21)10-22-15;/h5-8,13,15,22H,2-4,9-10H2,1H3,(H,23,25);1H. The summed E-state index contributed by atoms with van der Waals surface area (Å²) in [6, 6.07) is 6.70. The monoisotopic (exact) mass is 429 g/mol. The van der Waals surface area contributed by atoms with Gasteiger partial charge in [-0.25, -0.2) is 13.8 Å². The summed E-state index contributed by atoms with van der Waals surface area (Å²) in [6.07, 6.45) is 2.14. The molecule has 5 nitrogen and oxygen atoms in total. The first-order valence-corrected chi connectivity index (χ1v) is 9.82. The van der Waals surface area contributed by atoms with Gasteiger partial charge in [0.2, 0.25) is 5.91 Å². The van der Waals surface area contributed by atoms with E-state index < -0.39 is 24.9 Å². The average Bonchev–Trinajstić information content (AvgIpc) is 3.25. The number of alkyl halides is 2. The van der Waals surface area contributed by atoms with Gasteiger partial charge in [0.15, 0.2) is 0 Å². The molecule has 0 radical (unpaired) electrons. The highest BCUT2D eigenvalue weighted by atomic mass is 35.5. The van der Waals surface area contributed by atoms with Crippen LogP contribution in [0, 0.1) is 0 Å². The van der Waals surface area contributed by atoms with E-state index in [0.29, 0.717) is 0 Å². The number of carbonyl (C=O) groups excluding carboxylic acids is 1. The highest BCUT2D eigenvalue weighted by Gasteiger charge is 2.43. The van der Waals surface area contributed by atoms with Crippen LogP contribution in [-0.2, 0) is 11.2 Å². The number of aryl methyl sites for hydroxylation is 1. The average molecular weight is 430 g/mol. The molecule has 2 N–H and O–H groups in total. The fourth-order valence-corrected chi connectivity index (χ4v) is 4.79. The number of methoxy groups -OCH3 is 1. The number of ether oxygens (including phenoxy) is 1. The lowest BCUT2D eigenvalue weighted by molar-refractivity contribution is -0.124. The van der Waals surface area contributed by atoms with Crippen LogP contribution in [-0.4, -0.2) is 36.5 Å². The minimum Gasteiger partial charge on any atom is -0.497 e. The molecule has 1 aromatic heterocycles. The Morgan fingerprint density at radius 3 is 2.75 bits per heavy atom. The molecule has 1 aromatic carbocycles. The Hall–Kier alpha value is -1.77. The minimum atomic E-state index is -2.81. The molecule has 2 unspecified atom stereocenters. The molecule has 2 aromatic rings. The van der Waals surface area contributed by atoms with Gasteiger partial charge >= 0.3 is 0 Å². The number of nitrogens with one attached hydrogen (secondary N) is 2. The third-order valence-corrected chi connectivity index (χ3v) is 6.29. The molecule has 1 saturated heterocycles. The van der Waals surface area contributed by atoms with E-state index in [0.717, 1.165) is 46.2 Å². The topological polar surface area (TPSA) is 63.2 Å². The molecule has 152 valence electrons. The summed E-state index contributed by atoms with van der Waals surface area (Å²) < 4.78 is 31.9. The maximum absolute atomic E-state index is 13.4. The summed E-state index contributed by atoms with van der Waals surface area (Å²) in [5, 5.41) is 6.47. The summed E-state index contributed by atoms with van der Waals surface area (Å²) in [5.74, 6) is -2.39. The maximum Gasteiger partial charge on any atom is 0.262 e. The van der Waals surface area contributed by atoms with Gasteiger partial charge in [0.05, 0.1) is 36.3 Å². The van der Waals surface area contributed by atoms with Crippen molar-refractivity contribution in [1.29, 1.82) is 0 Å². The van der Waals surface area contributed by atoms with E-state index in [2.05, 4.69) is 10.6 Å². The van der Waals surface area contributed by atoms with Crippen LogP contribution in [0.25, 0.3) is 10.6 Å². The molecule has 4 rings (SSSR count). The fourth-order valence-electron chi connectivity index (χ4n) is 3.59. The predicted octanol–water partition coefficient (Wildman–Crippen LogP) is 3.73. The zero-order chi connectivity index (χ0) is 19.0. The molecular weight excluding hydrogens is 408 g/mol.